The molecule has 154 valence electrons. The summed E-state index contributed by atoms with van der Waals surface area (Å²) in [7, 11) is 0. The number of hydrogen-bond donors (Lipinski definition) is 0. The largest absolute Gasteiger partial charge is 0.252 e. The zero-order chi connectivity index (χ0) is 19.8. The van der Waals surface area contributed by atoms with Gasteiger partial charge in [0.2, 0.25) is 0 Å². The number of nitrogens with zero attached hydrogens (tertiary/aromatic N) is 2. The normalized spacial score (nSPS) is 12.1. The number of aliphatic imine (C=N–C) groups is 2. The van der Waals surface area contributed by atoms with Crippen molar-refractivity contribution in [2.45, 2.75) is 73.6 Å². The van der Waals surface area contributed by atoms with Crippen LogP contribution in [0, 0.1) is 27.7 Å². The third kappa shape index (κ3) is 7.72. The Hall–Kier alpha value is -1.73. The molecule has 2 aromatic carbocycles. The van der Waals surface area contributed by atoms with Gasteiger partial charge in [-0.05, 0) is 93.5 Å². The Kier molecular flexibility index (Phi) is 10.4. The molecule has 0 heterocycles. The van der Waals surface area contributed by atoms with Crippen LogP contribution in [0.15, 0.2) is 46.4 Å². The van der Waals surface area contributed by atoms with Crippen molar-refractivity contribution in [2.75, 3.05) is 0 Å². The van der Waals surface area contributed by atoms with Crippen LogP contribution in [0.4, 0.5) is 11.4 Å². The smallest absolute Gasteiger partial charge is 0.0639 e. The van der Waals surface area contributed by atoms with E-state index >= 15 is 0 Å². The predicted octanol–water partition coefficient (Wildman–Crippen LogP) is 7.75. The van der Waals surface area contributed by atoms with Crippen molar-refractivity contribution in [3.63, 3.8) is 0 Å². The van der Waals surface area contributed by atoms with Crippen LogP contribution in [0.2, 0.25) is 0 Å². The number of hydrogen-bond acceptors (Lipinski definition) is 2. The molecule has 0 saturated heterocycles. The molecule has 0 fully saturated rings. The Bertz CT molecular complexity index is 794. The van der Waals surface area contributed by atoms with E-state index in [9.17, 15) is 0 Å². The first-order chi connectivity index (χ1) is 12.9. The van der Waals surface area contributed by atoms with E-state index in [0.29, 0.717) is 0 Å². The van der Waals surface area contributed by atoms with Gasteiger partial charge in [-0.25, -0.2) is 0 Å². The molecule has 0 N–H and O–H groups in total. The van der Waals surface area contributed by atoms with E-state index in [4.69, 9.17) is 9.98 Å². The summed E-state index contributed by atoms with van der Waals surface area (Å²) in [6.45, 7) is 13.0. The fraction of sp³-hybridized carbons (Fsp3) is 0.440. The first-order valence-electron chi connectivity index (χ1n) is 10.2. The van der Waals surface area contributed by atoms with Crippen LogP contribution in [0.3, 0.4) is 0 Å². The Balaban J connectivity index is 0.00000392. The van der Waals surface area contributed by atoms with Crippen molar-refractivity contribution in [1.82, 2.24) is 0 Å². The van der Waals surface area contributed by atoms with Gasteiger partial charge in [0, 0.05) is 16.5 Å². The van der Waals surface area contributed by atoms with E-state index in [2.05, 4.69) is 77.9 Å². The Morgan fingerprint density at radius 1 is 0.607 bits per heavy atom. The maximum absolute atomic E-state index is 5.06. The van der Waals surface area contributed by atoms with Crippen molar-refractivity contribution in [3.8, 4) is 0 Å². The minimum absolute atomic E-state index is 0. The number of unbranched alkanes of at least 4 members (excludes halogenated alkanes) is 1. The molecule has 0 bridgehead atoms. The van der Waals surface area contributed by atoms with Gasteiger partial charge in [-0.3, -0.25) is 9.98 Å². The predicted molar refractivity (Wildman–Crippen MR) is 120 cm³/mol. The minimum atomic E-state index is 0. The van der Waals surface area contributed by atoms with E-state index in [1.165, 1.54) is 22.3 Å². The van der Waals surface area contributed by atoms with E-state index in [1.807, 2.05) is 0 Å². The van der Waals surface area contributed by atoms with Gasteiger partial charge >= 0.3 is 0 Å². The van der Waals surface area contributed by atoms with Gasteiger partial charge in [0.15, 0.2) is 0 Å². The summed E-state index contributed by atoms with van der Waals surface area (Å²) in [6.07, 6.45) is 5.31. The van der Waals surface area contributed by atoms with Crippen molar-refractivity contribution in [1.29, 1.82) is 0 Å². The van der Waals surface area contributed by atoms with E-state index in [1.54, 1.807) is 0 Å². The Labute approximate surface area is 181 Å². The molecule has 0 amide bonds. The third-order valence-corrected chi connectivity index (χ3v) is 4.53. The summed E-state index contributed by atoms with van der Waals surface area (Å²) >= 11 is 0. The SMILES string of the molecule is CCCCC(=Nc1cc(C)cc(C)c1)C(CCC)=Nc1cc(C)cc(C)c1.[Ni]. The summed E-state index contributed by atoms with van der Waals surface area (Å²) in [4.78, 5) is 10.1. The molecule has 0 aliphatic carbocycles. The molecule has 0 aromatic heterocycles. The molecular weight excluding hydrogens is 387 g/mol. The standard InChI is InChI=1S/C25H34N2.Ni/c1-7-9-11-25(27-23-16-20(5)13-21(6)17-23)24(10-8-2)26-22-14-18(3)12-19(4)15-22;/h12-17H,7-11H2,1-6H3;. The monoisotopic (exact) mass is 420 g/mol. The molecule has 2 aromatic rings. The molecule has 0 atom stereocenters. The maximum atomic E-state index is 5.06. The Morgan fingerprint density at radius 3 is 1.36 bits per heavy atom. The first kappa shape index (κ1) is 24.3. The molecule has 0 saturated carbocycles. The zero-order valence-electron chi connectivity index (χ0n) is 18.2. The van der Waals surface area contributed by atoms with Crippen LogP contribution in [0.1, 0.15) is 68.2 Å². The van der Waals surface area contributed by atoms with Gasteiger partial charge in [-0.1, -0.05) is 38.8 Å². The average Bonchev–Trinajstić information content (AvgIpc) is 2.56. The first-order valence-corrected chi connectivity index (χ1v) is 10.2. The average molecular weight is 421 g/mol. The van der Waals surface area contributed by atoms with Gasteiger partial charge in [-0.2, -0.15) is 0 Å². The molecule has 0 spiro atoms. The van der Waals surface area contributed by atoms with Crippen molar-refractivity contribution in [2.24, 2.45) is 9.98 Å². The van der Waals surface area contributed by atoms with Crippen molar-refractivity contribution >= 4 is 22.8 Å². The van der Waals surface area contributed by atoms with Gasteiger partial charge in [-0.15, -0.1) is 0 Å². The van der Waals surface area contributed by atoms with Gasteiger partial charge in [0.25, 0.3) is 0 Å². The van der Waals surface area contributed by atoms with Crippen LogP contribution < -0.4 is 0 Å². The quantitative estimate of drug-likeness (QED) is 0.308. The van der Waals surface area contributed by atoms with Gasteiger partial charge in [0.1, 0.15) is 0 Å². The molecule has 0 unspecified atom stereocenters. The summed E-state index contributed by atoms with van der Waals surface area (Å²) in [5, 5.41) is 0. The zero-order valence-corrected chi connectivity index (χ0v) is 19.2. The number of rotatable bonds is 8. The molecule has 2 rings (SSSR count). The van der Waals surface area contributed by atoms with E-state index in [0.717, 1.165) is 54.9 Å². The number of aryl methyl sites for hydroxylation is 4. The molecule has 28 heavy (non-hydrogen) atoms. The van der Waals surface area contributed by atoms with Crippen LogP contribution in [-0.4, -0.2) is 11.4 Å². The van der Waals surface area contributed by atoms with E-state index in [-0.39, 0.29) is 16.5 Å². The summed E-state index contributed by atoms with van der Waals surface area (Å²) in [5.74, 6) is 0. The van der Waals surface area contributed by atoms with Crippen LogP contribution in [0.5, 0.6) is 0 Å². The van der Waals surface area contributed by atoms with Crippen LogP contribution in [-0.2, 0) is 16.5 Å². The second-order valence-corrected chi connectivity index (χ2v) is 7.66. The van der Waals surface area contributed by atoms with E-state index < -0.39 is 0 Å². The molecule has 3 heteroatoms. The topological polar surface area (TPSA) is 24.7 Å². The summed E-state index contributed by atoms with van der Waals surface area (Å²) in [6, 6.07) is 13.0. The molecule has 2 nitrogen and oxygen atoms in total. The molecular formula is C25H34N2Ni. The van der Waals surface area contributed by atoms with Crippen LogP contribution in [0.25, 0.3) is 0 Å². The summed E-state index contributed by atoms with van der Waals surface area (Å²) in [5.41, 5.74) is 9.39. The van der Waals surface area contributed by atoms with Gasteiger partial charge in [0.05, 0.1) is 22.8 Å². The fourth-order valence-electron chi connectivity index (χ4n) is 3.45. The Morgan fingerprint density at radius 2 is 1.00 bits per heavy atom. The minimum Gasteiger partial charge on any atom is -0.252 e. The van der Waals surface area contributed by atoms with Crippen molar-refractivity contribution in [3.05, 3.63) is 58.7 Å². The summed E-state index contributed by atoms with van der Waals surface area (Å²) < 4.78 is 0. The van der Waals surface area contributed by atoms with Crippen LogP contribution >= 0.6 is 0 Å². The molecule has 0 radical (unpaired) electrons. The fourth-order valence-corrected chi connectivity index (χ4v) is 3.45. The second kappa shape index (κ2) is 12.0. The third-order valence-electron chi connectivity index (χ3n) is 4.53. The number of benzene rings is 2. The molecule has 0 aliphatic heterocycles. The van der Waals surface area contributed by atoms with Gasteiger partial charge < -0.3 is 0 Å². The van der Waals surface area contributed by atoms with Crippen molar-refractivity contribution < 1.29 is 16.5 Å². The second-order valence-electron chi connectivity index (χ2n) is 7.66. The maximum Gasteiger partial charge on any atom is 0.0639 e. The molecule has 0 aliphatic rings.